The predicted molar refractivity (Wildman–Crippen MR) is 108 cm³/mol. The van der Waals surface area contributed by atoms with Gasteiger partial charge in [-0.05, 0) is 82.0 Å². The van der Waals surface area contributed by atoms with Crippen molar-refractivity contribution in [3.63, 3.8) is 0 Å². The maximum Gasteiger partial charge on any atom is -0.0233 e. The Kier molecular flexibility index (Phi) is 9.85. The average Bonchev–Trinajstić information content (AvgIpc) is 2.62. The Hall–Kier alpha value is -0.520. The lowest BCUT2D eigenvalue weighted by molar-refractivity contribution is 0.255. The highest BCUT2D eigenvalue weighted by Crippen LogP contribution is 2.35. The minimum Gasteiger partial charge on any atom is -0.0917 e. The van der Waals surface area contributed by atoms with E-state index < -0.39 is 0 Å². The molecule has 2 fully saturated rings. The van der Waals surface area contributed by atoms with Crippen molar-refractivity contribution in [2.45, 2.75) is 104 Å². The molecule has 2 aliphatic rings. The second-order valence-corrected chi connectivity index (χ2v) is 8.61. The van der Waals surface area contributed by atoms with E-state index in [9.17, 15) is 0 Å². The molecule has 0 atom stereocenters. The molecule has 0 amide bonds. The van der Waals surface area contributed by atoms with Gasteiger partial charge in [-0.15, -0.1) is 0 Å². The smallest absolute Gasteiger partial charge is 0.0233 e. The van der Waals surface area contributed by atoms with E-state index in [1.165, 1.54) is 89.9 Å². The fourth-order valence-corrected chi connectivity index (χ4v) is 5.01. The minimum absolute atomic E-state index is 0.903. The summed E-state index contributed by atoms with van der Waals surface area (Å²) in [5, 5.41) is 0. The zero-order valence-corrected chi connectivity index (χ0v) is 16.5. The Labute approximate surface area is 152 Å². The highest BCUT2D eigenvalue weighted by atomic mass is 14.3. The Morgan fingerprint density at radius 1 is 0.667 bits per heavy atom. The molecule has 138 valence electrons. The molecule has 0 bridgehead atoms. The van der Waals surface area contributed by atoms with Gasteiger partial charge in [0.1, 0.15) is 0 Å². The molecule has 2 saturated carbocycles. The molecule has 2 aliphatic carbocycles. The largest absolute Gasteiger partial charge is 0.0917 e. The van der Waals surface area contributed by atoms with E-state index in [1.807, 2.05) is 0 Å². The molecule has 0 aromatic rings. The molecule has 0 radical (unpaired) electrons. The normalized spacial score (nSPS) is 31.9. The summed E-state index contributed by atoms with van der Waals surface area (Å²) in [6.07, 6.45) is 29.9. The minimum atomic E-state index is 0.903. The number of hydrogen-bond acceptors (Lipinski definition) is 0. The van der Waals surface area contributed by atoms with Crippen LogP contribution in [0.5, 0.6) is 0 Å². The first-order valence-electron chi connectivity index (χ1n) is 11.1. The van der Waals surface area contributed by atoms with Crippen LogP contribution in [0.25, 0.3) is 0 Å². The fourth-order valence-electron chi connectivity index (χ4n) is 5.01. The molecule has 0 aromatic carbocycles. The van der Waals surface area contributed by atoms with Crippen LogP contribution in [0.15, 0.2) is 24.3 Å². The van der Waals surface area contributed by atoms with E-state index >= 15 is 0 Å². The van der Waals surface area contributed by atoms with Crippen LogP contribution in [0.4, 0.5) is 0 Å². The van der Waals surface area contributed by atoms with E-state index in [1.54, 1.807) is 0 Å². The van der Waals surface area contributed by atoms with Crippen molar-refractivity contribution < 1.29 is 0 Å². The second kappa shape index (κ2) is 11.9. The van der Waals surface area contributed by atoms with E-state index in [0.717, 1.165) is 23.7 Å². The van der Waals surface area contributed by atoms with Crippen molar-refractivity contribution in [2.75, 3.05) is 0 Å². The van der Waals surface area contributed by atoms with Crippen molar-refractivity contribution in [1.29, 1.82) is 0 Å². The van der Waals surface area contributed by atoms with Gasteiger partial charge in [-0.1, -0.05) is 69.8 Å². The zero-order chi connectivity index (χ0) is 17.0. The molecule has 0 N–H and O–H groups in total. The van der Waals surface area contributed by atoms with Crippen LogP contribution in [0, 0.1) is 23.7 Å². The Bertz CT molecular complexity index is 348. The molecular weight excluding hydrogens is 288 g/mol. The first-order chi connectivity index (χ1) is 11.8. The lowest BCUT2D eigenvalue weighted by Gasteiger charge is -2.28. The highest BCUT2D eigenvalue weighted by molar-refractivity contribution is 4.91. The fraction of sp³-hybridized carbons (Fsp3) is 0.833. The summed E-state index contributed by atoms with van der Waals surface area (Å²) in [5.41, 5.74) is 0. The lowest BCUT2D eigenvalue weighted by Crippen LogP contribution is -2.14. The van der Waals surface area contributed by atoms with E-state index in [4.69, 9.17) is 0 Å². The quantitative estimate of drug-likeness (QED) is 0.375. The monoisotopic (exact) mass is 330 g/mol. The molecule has 0 saturated heterocycles. The molecule has 0 spiro atoms. The summed E-state index contributed by atoms with van der Waals surface area (Å²) >= 11 is 0. The average molecular weight is 331 g/mol. The van der Waals surface area contributed by atoms with Gasteiger partial charge in [-0.3, -0.25) is 0 Å². The molecule has 0 nitrogen and oxygen atoms in total. The van der Waals surface area contributed by atoms with Gasteiger partial charge in [0.15, 0.2) is 0 Å². The molecule has 0 heterocycles. The maximum absolute atomic E-state index is 2.57. The number of allylic oxidation sites excluding steroid dienone is 4. The van der Waals surface area contributed by atoms with Crippen molar-refractivity contribution >= 4 is 0 Å². The van der Waals surface area contributed by atoms with Gasteiger partial charge < -0.3 is 0 Å². The predicted octanol–water partition coefficient (Wildman–Crippen LogP) is 8.09. The summed E-state index contributed by atoms with van der Waals surface area (Å²) < 4.78 is 0. The van der Waals surface area contributed by atoms with Gasteiger partial charge in [0.2, 0.25) is 0 Å². The third kappa shape index (κ3) is 7.58. The molecule has 0 aliphatic heterocycles. The topological polar surface area (TPSA) is 0 Å². The van der Waals surface area contributed by atoms with E-state index in [-0.39, 0.29) is 0 Å². The zero-order valence-electron chi connectivity index (χ0n) is 16.5. The van der Waals surface area contributed by atoms with Gasteiger partial charge in [0.25, 0.3) is 0 Å². The molecule has 2 rings (SSSR count). The maximum atomic E-state index is 2.57. The first kappa shape index (κ1) is 19.8. The summed E-state index contributed by atoms with van der Waals surface area (Å²) in [5.74, 6) is 3.99. The van der Waals surface area contributed by atoms with Crippen LogP contribution < -0.4 is 0 Å². The molecule has 0 aromatic heterocycles. The lowest BCUT2D eigenvalue weighted by atomic mass is 9.78. The van der Waals surface area contributed by atoms with E-state index in [0.29, 0.717) is 0 Å². The third-order valence-corrected chi connectivity index (χ3v) is 6.68. The van der Waals surface area contributed by atoms with Crippen LogP contribution in [0.1, 0.15) is 104 Å². The second-order valence-electron chi connectivity index (χ2n) is 8.61. The molecule has 0 heteroatoms. The third-order valence-electron chi connectivity index (χ3n) is 6.68. The molecule has 24 heavy (non-hydrogen) atoms. The van der Waals surface area contributed by atoms with Crippen LogP contribution in [0.3, 0.4) is 0 Å². The van der Waals surface area contributed by atoms with Crippen molar-refractivity contribution in [3.05, 3.63) is 24.3 Å². The van der Waals surface area contributed by atoms with Crippen molar-refractivity contribution in [1.82, 2.24) is 0 Å². The van der Waals surface area contributed by atoms with Gasteiger partial charge in [0, 0.05) is 0 Å². The standard InChI is InChI=1S/C24H42/c1-3-5-6-10-22-17-19-24(20-18-22)12-8-7-11-23-15-13-21(9-4-2)14-16-23/h3,5,7,11,21-24H,4,6,8-10,12-20H2,1-2H3/b5-3+,11-7+. The van der Waals surface area contributed by atoms with Gasteiger partial charge in [-0.25, -0.2) is 0 Å². The summed E-state index contributed by atoms with van der Waals surface area (Å²) in [6, 6.07) is 0. The summed E-state index contributed by atoms with van der Waals surface area (Å²) in [6.45, 7) is 4.48. The van der Waals surface area contributed by atoms with Crippen molar-refractivity contribution in [2.24, 2.45) is 23.7 Å². The first-order valence-corrected chi connectivity index (χ1v) is 11.1. The summed E-state index contributed by atoms with van der Waals surface area (Å²) in [7, 11) is 0. The van der Waals surface area contributed by atoms with Crippen LogP contribution in [-0.2, 0) is 0 Å². The number of rotatable bonds is 9. The number of hydrogen-bond donors (Lipinski definition) is 0. The van der Waals surface area contributed by atoms with Crippen LogP contribution in [-0.4, -0.2) is 0 Å². The van der Waals surface area contributed by atoms with Gasteiger partial charge in [-0.2, -0.15) is 0 Å². The SMILES string of the molecule is C/C=C/CCC1CCC(CC/C=C/C2CCC(CCC)CC2)CC1. The Morgan fingerprint density at radius 3 is 1.71 bits per heavy atom. The Morgan fingerprint density at radius 2 is 1.17 bits per heavy atom. The van der Waals surface area contributed by atoms with Crippen LogP contribution in [0.2, 0.25) is 0 Å². The Balaban J connectivity index is 1.52. The summed E-state index contributed by atoms with van der Waals surface area (Å²) in [4.78, 5) is 0. The van der Waals surface area contributed by atoms with Gasteiger partial charge >= 0.3 is 0 Å². The van der Waals surface area contributed by atoms with Crippen LogP contribution >= 0.6 is 0 Å². The van der Waals surface area contributed by atoms with E-state index in [2.05, 4.69) is 38.2 Å². The van der Waals surface area contributed by atoms with Crippen molar-refractivity contribution in [3.8, 4) is 0 Å². The van der Waals surface area contributed by atoms with Gasteiger partial charge in [0.05, 0.1) is 0 Å². The molecular formula is C24H42. The highest BCUT2D eigenvalue weighted by Gasteiger charge is 2.20. The molecule has 0 unspecified atom stereocenters.